The number of amides is 2. The molecule has 0 aliphatic rings. The van der Waals surface area contributed by atoms with Gasteiger partial charge >= 0.3 is 12.0 Å². The van der Waals surface area contributed by atoms with Gasteiger partial charge in [0, 0.05) is 0 Å². The smallest absolute Gasteiger partial charge is 0.337 e. The molecule has 19 heavy (non-hydrogen) atoms. The molecule has 0 aliphatic heterocycles. The number of phenols is 1. The van der Waals surface area contributed by atoms with Crippen LogP contribution < -0.4 is 10.6 Å². The quantitative estimate of drug-likeness (QED) is 0.489. The maximum Gasteiger partial charge on any atom is 0.337 e. The number of nitrogens with one attached hydrogen (secondary N) is 2. The van der Waals surface area contributed by atoms with Gasteiger partial charge in [-0.05, 0) is 24.6 Å². The highest BCUT2D eigenvalue weighted by atomic mass is 16.4. The monoisotopic (exact) mass is 262 g/mol. The SMILES string of the molecule is C#CC(CC)NC(=O)Nc1ccc(O)cc1C(=O)O. The lowest BCUT2D eigenvalue weighted by molar-refractivity contribution is 0.0697. The first-order chi connectivity index (χ1) is 8.97. The van der Waals surface area contributed by atoms with Crippen molar-refractivity contribution >= 4 is 17.7 Å². The van der Waals surface area contributed by atoms with Crippen molar-refractivity contribution in [3.05, 3.63) is 23.8 Å². The summed E-state index contributed by atoms with van der Waals surface area (Å²) in [7, 11) is 0. The minimum absolute atomic E-state index is 0.0784. The lowest BCUT2D eigenvalue weighted by atomic mass is 10.1. The van der Waals surface area contributed by atoms with Crippen LogP contribution >= 0.6 is 0 Å². The van der Waals surface area contributed by atoms with E-state index in [4.69, 9.17) is 11.5 Å². The molecule has 4 N–H and O–H groups in total. The Balaban J connectivity index is 2.85. The number of carboxylic acid groups (broad SMARTS) is 1. The Kier molecular flexibility index (Phi) is 4.77. The predicted octanol–water partition coefficient (Wildman–Crippen LogP) is 1.62. The van der Waals surface area contributed by atoms with Crippen molar-refractivity contribution < 1.29 is 19.8 Å². The third-order valence-corrected chi connectivity index (χ3v) is 2.40. The van der Waals surface area contributed by atoms with Crippen molar-refractivity contribution in [1.29, 1.82) is 0 Å². The molecule has 6 heteroatoms. The second kappa shape index (κ2) is 6.31. The van der Waals surface area contributed by atoms with Crippen molar-refractivity contribution in [3.63, 3.8) is 0 Å². The molecule has 0 saturated carbocycles. The summed E-state index contributed by atoms with van der Waals surface area (Å²) >= 11 is 0. The van der Waals surface area contributed by atoms with Gasteiger partial charge in [0.2, 0.25) is 0 Å². The Morgan fingerprint density at radius 1 is 1.47 bits per heavy atom. The fraction of sp³-hybridized carbons (Fsp3) is 0.231. The maximum atomic E-state index is 11.6. The zero-order chi connectivity index (χ0) is 14.4. The van der Waals surface area contributed by atoms with Gasteiger partial charge in [-0.3, -0.25) is 0 Å². The van der Waals surface area contributed by atoms with Crippen molar-refractivity contribution in [3.8, 4) is 18.1 Å². The van der Waals surface area contributed by atoms with E-state index in [-0.39, 0.29) is 17.0 Å². The molecule has 6 nitrogen and oxygen atoms in total. The molecule has 1 aromatic rings. The van der Waals surface area contributed by atoms with Gasteiger partial charge in [0.15, 0.2) is 0 Å². The largest absolute Gasteiger partial charge is 0.508 e. The first kappa shape index (κ1) is 14.4. The van der Waals surface area contributed by atoms with Crippen LogP contribution in [0.25, 0.3) is 0 Å². The molecule has 0 radical (unpaired) electrons. The molecule has 2 amide bonds. The van der Waals surface area contributed by atoms with E-state index < -0.39 is 18.0 Å². The summed E-state index contributed by atoms with van der Waals surface area (Å²) in [6.45, 7) is 1.81. The van der Waals surface area contributed by atoms with Crippen LogP contribution in [-0.4, -0.2) is 28.3 Å². The first-order valence-corrected chi connectivity index (χ1v) is 5.57. The Morgan fingerprint density at radius 3 is 2.68 bits per heavy atom. The van der Waals surface area contributed by atoms with Crippen LogP contribution in [0.1, 0.15) is 23.7 Å². The number of hydrogen-bond donors (Lipinski definition) is 4. The topological polar surface area (TPSA) is 98.7 Å². The second-order valence-electron chi connectivity index (χ2n) is 3.76. The number of terminal acetylenes is 1. The number of carbonyl (C=O) groups is 2. The van der Waals surface area contributed by atoms with Crippen molar-refractivity contribution in [2.75, 3.05) is 5.32 Å². The summed E-state index contributed by atoms with van der Waals surface area (Å²) in [6, 6.07) is 2.61. The van der Waals surface area contributed by atoms with E-state index in [1.165, 1.54) is 12.1 Å². The molecular formula is C13H14N2O4. The third-order valence-electron chi connectivity index (χ3n) is 2.40. The van der Waals surface area contributed by atoms with Crippen LogP contribution in [0.15, 0.2) is 18.2 Å². The lowest BCUT2D eigenvalue weighted by Crippen LogP contribution is -2.36. The molecular weight excluding hydrogens is 248 g/mol. The molecule has 0 heterocycles. The van der Waals surface area contributed by atoms with Crippen LogP contribution in [0.3, 0.4) is 0 Å². The Hall–Kier alpha value is -2.68. The standard InChI is InChI=1S/C13H14N2O4/c1-3-8(4-2)14-13(19)15-11-6-5-9(16)7-10(11)12(17)18/h1,5-8,16H,4H2,2H3,(H,17,18)(H2,14,15,19). The first-order valence-electron chi connectivity index (χ1n) is 5.57. The van der Waals surface area contributed by atoms with Crippen molar-refractivity contribution in [1.82, 2.24) is 5.32 Å². The minimum Gasteiger partial charge on any atom is -0.508 e. The highest BCUT2D eigenvalue weighted by molar-refractivity contribution is 6.00. The third kappa shape index (κ3) is 3.92. The summed E-state index contributed by atoms with van der Waals surface area (Å²) in [6.07, 6.45) is 5.76. The number of urea groups is 1. The number of benzene rings is 1. The Bertz CT molecular complexity index is 534. The molecule has 0 bridgehead atoms. The average Bonchev–Trinajstić information content (AvgIpc) is 2.37. The van der Waals surface area contributed by atoms with Crippen LogP contribution in [-0.2, 0) is 0 Å². The van der Waals surface area contributed by atoms with Gasteiger partial charge in [0.1, 0.15) is 5.75 Å². The van der Waals surface area contributed by atoms with Gasteiger partial charge < -0.3 is 20.8 Å². The summed E-state index contributed by atoms with van der Waals surface area (Å²) in [5.41, 5.74) is -0.126. The molecule has 0 spiro atoms. The van der Waals surface area contributed by atoms with Crippen molar-refractivity contribution in [2.24, 2.45) is 0 Å². The van der Waals surface area contributed by atoms with E-state index in [1.807, 2.05) is 6.92 Å². The van der Waals surface area contributed by atoms with E-state index >= 15 is 0 Å². The van der Waals surface area contributed by atoms with Gasteiger partial charge in [-0.15, -0.1) is 6.42 Å². The average molecular weight is 262 g/mol. The molecule has 0 aromatic heterocycles. The van der Waals surface area contributed by atoms with E-state index in [1.54, 1.807) is 0 Å². The number of aromatic hydroxyl groups is 1. The number of phenolic OH excluding ortho intramolecular Hbond substituents is 1. The number of carbonyl (C=O) groups excluding carboxylic acids is 1. The van der Waals surface area contributed by atoms with Gasteiger partial charge in [-0.25, -0.2) is 9.59 Å². The van der Waals surface area contributed by atoms with Gasteiger partial charge in [-0.1, -0.05) is 12.8 Å². The molecule has 100 valence electrons. The predicted molar refractivity (Wildman–Crippen MR) is 70.1 cm³/mol. The van der Waals surface area contributed by atoms with Crippen LogP contribution in [0.4, 0.5) is 10.5 Å². The summed E-state index contributed by atoms with van der Waals surface area (Å²) in [4.78, 5) is 22.6. The zero-order valence-electron chi connectivity index (χ0n) is 10.3. The normalized spacial score (nSPS) is 11.2. The number of hydrogen-bond acceptors (Lipinski definition) is 3. The van der Waals surface area contributed by atoms with E-state index in [0.29, 0.717) is 6.42 Å². The Morgan fingerprint density at radius 2 is 2.16 bits per heavy atom. The summed E-state index contributed by atoms with van der Waals surface area (Å²) < 4.78 is 0. The van der Waals surface area contributed by atoms with Gasteiger partial charge in [0.05, 0.1) is 17.3 Å². The number of carboxylic acids is 1. The van der Waals surface area contributed by atoms with E-state index in [9.17, 15) is 14.7 Å². The fourth-order valence-corrected chi connectivity index (χ4v) is 1.40. The van der Waals surface area contributed by atoms with Gasteiger partial charge in [-0.2, -0.15) is 0 Å². The molecule has 1 rings (SSSR count). The molecule has 1 unspecified atom stereocenters. The highest BCUT2D eigenvalue weighted by Crippen LogP contribution is 2.21. The molecule has 0 fully saturated rings. The summed E-state index contributed by atoms with van der Waals surface area (Å²) in [5, 5.41) is 23.1. The molecule has 0 saturated heterocycles. The van der Waals surface area contributed by atoms with Crippen LogP contribution in [0, 0.1) is 12.3 Å². The van der Waals surface area contributed by atoms with Gasteiger partial charge in [0.25, 0.3) is 0 Å². The minimum atomic E-state index is -1.25. The molecule has 0 aliphatic carbocycles. The molecule has 1 atom stereocenters. The van der Waals surface area contributed by atoms with Crippen molar-refractivity contribution in [2.45, 2.75) is 19.4 Å². The van der Waals surface area contributed by atoms with E-state index in [0.717, 1.165) is 6.07 Å². The number of aromatic carboxylic acids is 1. The second-order valence-corrected chi connectivity index (χ2v) is 3.76. The lowest BCUT2D eigenvalue weighted by Gasteiger charge is -2.13. The maximum absolute atomic E-state index is 11.6. The summed E-state index contributed by atoms with van der Waals surface area (Å²) in [5.74, 6) is 0.936. The van der Waals surface area contributed by atoms with Crippen LogP contribution in [0.5, 0.6) is 5.75 Å². The fourth-order valence-electron chi connectivity index (χ4n) is 1.40. The highest BCUT2D eigenvalue weighted by Gasteiger charge is 2.14. The Labute approximate surface area is 110 Å². The zero-order valence-corrected chi connectivity index (χ0v) is 10.3. The number of rotatable bonds is 4. The van der Waals surface area contributed by atoms with Crippen LogP contribution in [0.2, 0.25) is 0 Å². The molecule has 1 aromatic carbocycles. The van der Waals surface area contributed by atoms with E-state index in [2.05, 4.69) is 16.6 Å². The number of anilines is 1.